The minimum atomic E-state index is -4.76. The highest BCUT2D eigenvalue weighted by Crippen LogP contribution is 2.38. The maximum absolute atomic E-state index is 13.4. The number of hydrogen-bond donors (Lipinski definition) is 0. The molecule has 1 fully saturated rings. The summed E-state index contributed by atoms with van der Waals surface area (Å²) in [5, 5.41) is 3.73. The van der Waals surface area contributed by atoms with Crippen molar-refractivity contribution < 1.29 is 32.2 Å². The van der Waals surface area contributed by atoms with Gasteiger partial charge in [-0.05, 0) is 36.2 Å². The van der Waals surface area contributed by atoms with Gasteiger partial charge in [-0.25, -0.2) is 9.91 Å². The zero-order valence-corrected chi connectivity index (χ0v) is 17.3. The molecule has 0 saturated carbocycles. The maximum Gasteiger partial charge on any atom is 0.418 e. The van der Waals surface area contributed by atoms with E-state index >= 15 is 0 Å². The number of imide groups is 1. The Labute approximate surface area is 181 Å². The first-order valence-electron chi connectivity index (χ1n) is 9.55. The highest BCUT2D eigenvalue weighted by atomic mass is 19.4. The Morgan fingerprint density at radius 3 is 2.41 bits per heavy atom. The number of rotatable bonds is 8. The molecule has 3 rings (SSSR count). The summed E-state index contributed by atoms with van der Waals surface area (Å²) < 4.78 is 50.4. The number of anilines is 1. The third kappa shape index (κ3) is 4.51. The first kappa shape index (κ1) is 23.0. The number of para-hydroxylation sites is 1. The number of hydrogen-bond acceptors (Lipinski definition) is 6. The minimum absolute atomic E-state index is 0.0303. The Balaban J connectivity index is 1.79. The molecule has 0 spiro atoms. The second-order valence-electron chi connectivity index (χ2n) is 6.99. The number of nitrogens with zero attached hydrogens (tertiary/aromatic N) is 3. The molecule has 11 heteroatoms. The summed E-state index contributed by atoms with van der Waals surface area (Å²) in [6, 6.07) is 8.10. The van der Waals surface area contributed by atoms with Crippen LogP contribution in [-0.4, -0.2) is 43.6 Å². The molecular formula is C21H20F3N3O5. The second-order valence-corrected chi connectivity index (χ2v) is 6.99. The van der Waals surface area contributed by atoms with Crippen molar-refractivity contribution in [3.63, 3.8) is 0 Å². The van der Waals surface area contributed by atoms with Gasteiger partial charge in [-0.1, -0.05) is 18.2 Å². The Kier molecular flexibility index (Phi) is 6.66. The number of halogens is 3. The van der Waals surface area contributed by atoms with Gasteiger partial charge in [-0.3, -0.25) is 9.59 Å². The molecule has 0 radical (unpaired) electrons. The fourth-order valence-corrected chi connectivity index (χ4v) is 3.54. The monoisotopic (exact) mass is 451 g/mol. The van der Waals surface area contributed by atoms with E-state index in [2.05, 4.69) is 5.29 Å². The number of carbonyl (C=O) groups is 2. The summed E-state index contributed by atoms with van der Waals surface area (Å²) in [6.45, 7) is -0.0303. The van der Waals surface area contributed by atoms with Crippen LogP contribution in [0.3, 0.4) is 0 Å². The van der Waals surface area contributed by atoms with Gasteiger partial charge in [0, 0.05) is 6.54 Å². The summed E-state index contributed by atoms with van der Waals surface area (Å²) >= 11 is 0. The number of amides is 2. The van der Waals surface area contributed by atoms with Gasteiger partial charge in [0.1, 0.15) is 6.04 Å². The number of carbonyl (C=O) groups excluding carboxylic acids is 2. The number of alkyl halides is 3. The molecular weight excluding hydrogens is 431 g/mol. The molecule has 1 heterocycles. The van der Waals surface area contributed by atoms with Crippen molar-refractivity contribution in [3.8, 4) is 11.5 Å². The lowest BCUT2D eigenvalue weighted by Gasteiger charge is -2.23. The van der Waals surface area contributed by atoms with Crippen LogP contribution in [0.4, 0.5) is 18.9 Å². The first-order valence-corrected chi connectivity index (χ1v) is 9.55. The summed E-state index contributed by atoms with van der Waals surface area (Å²) in [7, 11) is 2.96. The highest BCUT2D eigenvalue weighted by Gasteiger charge is 2.46. The summed E-state index contributed by atoms with van der Waals surface area (Å²) in [4.78, 5) is 37.2. The van der Waals surface area contributed by atoms with Gasteiger partial charge in [-0.15, -0.1) is 4.91 Å². The lowest BCUT2D eigenvalue weighted by atomic mass is 10.1. The zero-order chi connectivity index (χ0) is 23.5. The highest BCUT2D eigenvalue weighted by molar-refractivity contribution is 6.22. The predicted octanol–water partition coefficient (Wildman–Crippen LogP) is 3.58. The number of methoxy groups -OCH3 is 2. The molecule has 1 aliphatic heterocycles. The number of nitroso groups, excluding NO2 is 1. The van der Waals surface area contributed by atoms with Crippen molar-refractivity contribution in [3.05, 3.63) is 58.5 Å². The molecule has 2 amide bonds. The fourth-order valence-electron chi connectivity index (χ4n) is 3.54. The van der Waals surface area contributed by atoms with Crippen LogP contribution in [0.2, 0.25) is 0 Å². The quantitative estimate of drug-likeness (QED) is 0.346. The lowest BCUT2D eigenvalue weighted by molar-refractivity contribution is -0.137. The third-order valence-electron chi connectivity index (χ3n) is 5.12. The Morgan fingerprint density at radius 2 is 1.78 bits per heavy atom. The smallest absolute Gasteiger partial charge is 0.418 e. The van der Waals surface area contributed by atoms with Crippen molar-refractivity contribution in [2.45, 2.75) is 25.1 Å². The molecule has 0 bridgehead atoms. The average molecular weight is 451 g/mol. The molecule has 32 heavy (non-hydrogen) atoms. The topological polar surface area (TPSA) is 88.5 Å². The molecule has 1 aliphatic rings. The van der Waals surface area contributed by atoms with Gasteiger partial charge < -0.3 is 9.47 Å². The maximum atomic E-state index is 13.4. The van der Waals surface area contributed by atoms with E-state index in [1.807, 2.05) is 0 Å². The van der Waals surface area contributed by atoms with Crippen molar-refractivity contribution in [1.82, 2.24) is 5.01 Å². The molecule has 1 atom stereocenters. The molecule has 170 valence electrons. The Morgan fingerprint density at radius 1 is 1.09 bits per heavy atom. The van der Waals surface area contributed by atoms with Crippen LogP contribution in [0.1, 0.15) is 17.5 Å². The molecule has 2 aromatic carbocycles. The van der Waals surface area contributed by atoms with E-state index < -0.39 is 41.7 Å². The van der Waals surface area contributed by atoms with Crippen LogP contribution in [-0.2, 0) is 22.2 Å². The SMILES string of the molecule is COc1ccc(CCN(N=O)C2CC(=O)N(c3ccccc3C(F)(F)F)C2=O)cc1OC. The van der Waals surface area contributed by atoms with Crippen molar-refractivity contribution in [2.75, 3.05) is 25.7 Å². The Bertz CT molecular complexity index is 1030. The van der Waals surface area contributed by atoms with Crippen LogP contribution < -0.4 is 14.4 Å². The van der Waals surface area contributed by atoms with Crippen molar-refractivity contribution in [2.24, 2.45) is 5.29 Å². The van der Waals surface area contributed by atoms with E-state index in [9.17, 15) is 27.7 Å². The molecule has 2 aromatic rings. The average Bonchev–Trinajstić information content (AvgIpc) is 3.07. The van der Waals surface area contributed by atoms with E-state index in [0.717, 1.165) is 28.8 Å². The summed E-state index contributed by atoms with van der Waals surface area (Å²) in [6.07, 6.45) is -4.95. The molecule has 1 unspecified atom stereocenters. The molecule has 1 saturated heterocycles. The van der Waals surface area contributed by atoms with Crippen molar-refractivity contribution in [1.29, 1.82) is 0 Å². The predicted molar refractivity (Wildman–Crippen MR) is 108 cm³/mol. The van der Waals surface area contributed by atoms with Gasteiger partial charge in [0.05, 0.1) is 37.2 Å². The van der Waals surface area contributed by atoms with Crippen LogP contribution in [0, 0.1) is 4.91 Å². The largest absolute Gasteiger partial charge is 0.493 e. The van der Waals surface area contributed by atoms with Gasteiger partial charge in [0.2, 0.25) is 5.91 Å². The molecule has 0 aliphatic carbocycles. The number of ether oxygens (including phenoxy) is 2. The van der Waals surface area contributed by atoms with E-state index in [1.54, 1.807) is 18.2 Å². The third-order valence-corrected chi connectivity index (χ3v) is 5.12. The molecule has 0 aromatic heterocycles. The van der Waals surface area contributed by atoms with Crippen molar-refractivity contribution >= 4 is 17.5 Å². The lowest BCUT2D eigenvalue weighted by Crippen LogP contribution is -2.40. The standard InChI is InChI=1S/C21H20F3N3O5/c1-31-17-8-7-13(11-18(17)32-2)9-10-26(25-30)16-12-19(28)27(20(16)29)15-6-4-3-5-14(15)21(22,23)24/h3-8,11,16H,9-10,12H2,1-2H3. The second kappa shape index (κ2) is 9.25. The van der Waals surface area contributed by atoms with E-state index in [0.29, 0.717) is 16.4 Å². The normalized spacial score (nSPS) is 16.3. The molecule has 8 nitrogen and oxygen atoms in total. The van der Waals surface area contributed by atoms with Crippen LogP contribution >= 0.6 is 0 Å². The van der Waals surface area contributed by atoms with E-state index in [-0.39, 0.29) is 13.0 Å². The fraction of sp³-hybridized carbons (Fsp3) is 0.333. The molecule has 0 N–H and O–H groups in total. The van der Waals surface area contributed by atoms with E-state index in [4.69, 9.17) is 9.47 Å². The Hall–Kier alpha value is -3.63. The van der Waals surface area contributed by atoms with Gasteiger partial charge >= 0.3 is 6.18 Å². The summed E-state index contributed by atoms with van der Waals surface area (Å²) in [5.41, 5.74) is -0.936. The van der Waals surface area contributed by atoms with E-state index in [1.165, 1.54) is 20.3 Å². The zero-order valence-electron chi connectivity index (χ0n) is 17.3. The van der Waals surface area contributed by atoms with Crippen LogP contribution in [0.15, 0.2) is 47.8 Å². The first-order chi connectivity index (χ1) is 15.2. The van der Waals surface area contributed by atoms with Crippen LogP contribution in [0.5, 0.6) is 11.5 Å². The minimum Gasteiger partial charge on any atom is -0.493 e. The van der Waals surface area contributed by atoms with Gasteiger partial charge in [0.25, 0.3) is 5.91 Å². The summed E-state index contributed by atoms with van der Waals surface area (Å²) in [5.74, 6) is -0.787. The van der Waals surface area contributed by atoms with Gasteiger partial charge in [0.15, 0.2) is 11.5 Å². The van der Waals surface area contributed by atoms with Gasteiger partial charge in [-0.2, -0.15) is 13.2 Å². The number of benzene rings is 2. The van der Waals surface area contributed by atoms with Crippen LogP contribution in [0.25, 0.3) is 0 Å².